The molecule has 7 heteroatoms. The highest BCUT2D eigenvalue weighted by Gasteiger charge is 2.11. The van der Waals surface area contributed by atoms with Crippen molar-refractivity contribution in [1.29, 1.82) is 0 Å². The van der Waals surface area contributed by atoms with Gasteiger partial charge in [0.05, 0.1) is 18.4 Å². The molecule has 2 N–H and O–H groups in total. The number of nitrogens with zero attached hydrogens (tertiary/aromatic N) is 1. The van der Waals surface area contributed by atoms with Gasteiger partial charge in [-0.25, -0.2) is 4.98 Å². The predicted molar refractivity (Wildman–Crippen MR) is 127 cm³/mol. The minimum atomic E-state index is -0.129. The number of hydrogen-bond acceptors (Lipinski definition) is 5. The SMILES string of the molecule is CCC(=O)Nc1cc(NC(=O)CSc2nc3cc(OC)ccc3cc2CC)ccc1C. The molecule has 162 valence electrons. The molecule has 1 heterocycles. The summed E-state index contributed by atoms with van der Waals surface area (Å²) in [6, 6.07) is 13.4. The van der Waals surface area contributed by atoms with Gasteiger partial charge in [0.15, 0.2) is 0 Å². The van der Waals surface area contributed by atoms with Gasteiger partial charge in [-0.15, -0.1) is 0 Å². The lowest BCUT2D eigenvalue weighted by molar-refractivity contribution is -0.116. The molecule has 0 aliphatic rings. The molecule has 3 rings (SSSR count). The Balaban J connectivity index is 1.71. The van der Waals surface area contributed by atoms with Crippen LogP contribution in [0, 0.1) is 6.92 Å². The van der Waals surface area contributed by atoms with Crippen LogP contribution >= 0.6 is 11.8 Å². The van der Waals surface area contributed by atoms with Crippen LogP contribution in [0.3, 0.4) is 0 Å². The largest absolute Gasteiger partial charge is 0.497 e. The topological polar surface area (TPSA) is 80.3 Å². The van der Waals surface area contributed by atoms with Gasteiger partial charge in [-0.05, 0) is 54.8 Å². The zero-order chi connectivity index (χ0) is 22.4. The molecular formula is C24H27N3O3S. The molecule has 0 spiro atoms. The van der Waals surface area contributed by atoms with E-state index in [0.29, 0.717) is 17.8 Å². The second kappa shape index (κ2) is 10.3. The van der Waals surface area contributed by atoms with Crippen molar-refractivity contribution in [2.75, 3.05) is 23.5 Å². The van der Waals surface area contributed by atoms with E-state index < -0.39 is 0 Å². The summed E-state index contributed by atoms with van der Waals surface area (Å²) in [6.07, 6.45) is 1.23. The van der Waals surface area contributed by atoms with Crippen molar-refractivity contribution in [3.05, 3.63) is 53.6 Å². The summed E-state index contributed by atoms with van der Waals surface area (Å²) in [5.74, 6) is 0.799. The smallest absolute Gasteiger partial charge is 0.234 e. The molecule has 1 aromatic heterocycles. The minimum Gasteiger partial charge on any atom is -0.497 e. The third-order valence-corrected chi connectivity index (χ3v) is 5.93. The normalized spacial score (nSPS) is 10.7. The van der Waals surface area contributed by atoms with Gasteiger partial charge in [0, 0.05) is 29.2 Å². The van der Waals surface area contributed by atoms with E-state index in [1.165, 1.54) is 11.8 Å². The lowest BCUT2D eigenvalue weighted by Crippen LogP contribution is -2.15. The molecule has 0 unspecified atom stereocenters. The first-order valence-electron chi connectivity index (χ1n) is 10.2. The summed E-state index contributed by atoms with van der Waals surface area (Å²) in [6.45, 7) is 5.79. The molecule has 2 amide bonds. The summed E-state index contributed by atoms with van der Waals surface area (Å²) in [5, 5.41) is 7.66. The average molecular weight is 438 g/mol. The van der Waals surface area contributed by atoms with E-state index >= 15 is 0 Å². The van der Waals surface area contributed by atoms with Crippen LogP contribution in [0.1, 0.15) is 31.4 Å². The molecule has 0 atom stereocenters. The summed E-state index contributed by atoms with van der Waals surface area (Å²) in [7, 11) is 1.63. The van der Waals surface area contributed by atoms with Crippen LogP contribution in [0.5, 0.6) is 5.75 Å². The molecule has 2 aromatic carbocycles. The number of thioether (sulfide) groups is 1. The van der Waals surface area contributed by atoms with Crippen LogP contribution in [-0.4, -0.2) is 29.7 Å². The Morgan fingerprint density at radius 3 is 2.55 bits per heavy atom. The number of ether oxygens (including phenoxy) is 1. The maximum Gasteiger partial charge on any atom is 0.234 e. The third-order valence-electron chi connectivity index (χ3n) is 4.90. The van der Waals surface area contributed by atoms with E-state index in [9.17, 15) is 9.59 Å². The van der Waals surface area contributed by atoms with E-state index in [0.717, 1.165) is 39.2 Å². The van der Waals surface area contributed by atoms with Crippen molar-refractivity contribution in [1.82, 2.24) is 4.98 Å². The number of pyridine rings is 1. The van der Waals surface area contributed by atoms with E-state index in [-0.39, 0.29) is 17.6 Å². The van der Waals surface area contributed by atoms with Crippen molar-refractivity contribution >= 4 is 45.9 Å². The Morgan fingerprint density at radius 1 is 1.03 bits per heavy atom. The first-order valence-corrected chi connectivity index (χ1v) is 11.2. The number of carbonyl (C=O) groups excluding carboxylic acids is 2. The Hall–Kier alpha value is -3.06. The number of aryl methyl sites for hydroxylation is 2. The number of carbonyl (C=O) groups is 2. The summed E-state index contributed by atoms with van der Waals surface area (Å²) in [4.78, 5) is 29.0. The molecular weight excluding hydrogens is 410 g/mol. The molecule has 0 fully saturated rings. The maximum atomic E-state index is 12.6. The van der Waals surface area contributed by atoms with Crippen LogP contribution in [0.15, 0.2) is 47.5 Å². The Kier molecular flexibility index (Phi) is 7.52. The maximum absolute atomic E-state index is 12.6. The molecule has 0 saturated heterocycles. The second-order valence-electron chi connectivity index (χ2n) is 7.13. The standard InChI is InChI=1S/C24H27N3O3S/c1-5-16-11-17-8-10-19(30-4)13-21(17)27-24(16)31-14-23(29)25-18-9-7-15(3)20(12-18)26-22(28)6-2/h7-13H,5-6,14H2,1-4H3,(H,25,29)(H,26,28). The average Bonchev–Trinajstić information content (AvgIpc) is 2.78. The Morgan fingerprint density at radius 2 is 1.84 bits per heavy atom. The first-order chi connectivity index (χ1) is 14.9. The number of fused-ring (bicyclic) bond motifs is 1. The van der Waals surface area contributed by atoms with Crippen LogP contribution in [0.2, 0.25) is 0 Å². The Labute approximate surface area is 186 Å². The highest BCUT2D eigenvalue weighted by Crippen LogP contribution is 2.28. The van der Waals surface area contributed by atoms with Crippen LogP contribution in [0.25, 0.3) is 10.9 Å². The van der Waals surface area contributed by atoms with Crippen molar-refractivity contribution in [2.24, 2.45) is 0 Å². The summed E-state index contributed by atoms with van der Waals surface area (Å²) in [5.41, 5.74) is 4.24. The third kappa shape index (κ3) is 5.76. The number of benzene rings is 2. The number of rotatable bonds is 8. The van der Waals surface area contributed by atoms with Crippen LogP contribution in [0.4, 0.5) is 11.4 Å². The number of aromatic nitrogens is 1. The zero-order valence-electron chi connectivity index (χ0n) is 18.2. The Bertz CT molecular complexity index is 1110. The van der Waals surface area contributed by atoms with Gasteiger partial charge in [-0.1, -0.05) is 31.7 Å². The molecule has 0 aliphatic carbocycles. The fraction of sp³-hybridized carbons (Fsp3) is 0.292. The van der Waals surface area contributed by atoms with Gasteiger partial charge in [-0.2, -0.15) is 0 Å². The molecule has 0 aliphatic heterocycles. The van der Waals surface area contributed by atoms with Gasteiger partial charge in [0.1, 0.15) is 10.8 Å². The summed E-state index contributed by atoms with van der Waals surface area (Å²) < 4.78 is 5.30. The molecule has 0 radical (unpaired) electrons. The minimum absolute atomic E-state index is 0.0618. The summed E-state index contributed by atoms with van der Waals surface area (Å²) >= 11 is 1.42. The molecule has 31 heavy (non-hydrogen) atoms. The van der Waals surface area contributed by atoms with E-state index in [4.69, 9.17) is 9.72 Å². The lowest BCUT2D eigenvalue weighted by Gasteiger charge is -2.12. The lowest BCUT2D eigenvalue weighted by atomic mass is 10.1. The number of amides is 2. The molecule has 0 bridgehead atoms. The fourth-order valence-electron chi connectivity index (χ4n) is 3.08. The van der Waals surface area contributed by atoms with Gasteiger partial charge >= 0.3 is 0 Å². The highest BCUT2D eigenvalue weighted by atomic mass is 32.2. The van der Waals surface area contributed by atoms with Gasteiger partial charge in [0.25, 0.3) is 0 Å². The van der Waals surface area contributed by atoms with Crippen LogP contribution < -0.4 is 15.4 Å². The number of methoxy groups -OCH3 is 1. The van der Waals surface area contributed by atoms with Crippen molar-refractivity contribution < 1.29 is 14.3 Å². The molecule has 0 saturated carbocycles. The van der Waals surface area contributed by atoms with Gasteiger partial charge < -0.3 is 15.4 Å². The van der Waals surface area contributed by atoms with Crippen molar-refractivity contribution in [3.8, 4) is 5.75 Å². The van der Waals surface area contributed by atoms with E-state index in [1.54, 1.807) is 20.1 Å². The number of hydrogen-bond donors (Lipinski definition) is 2. The predicted octanol–water partition coefficient (Wildman–Crippen LogP) is 5.19. The molecule has 3 aromatic rings. The van der Waals surface area contributed by atoms with Crippen molar-refractivity contribution in [3.63, 3.8) is 0 Å². The van der Waals surface area contributed by atoms with Gasteiger partial charge in [0.2, 0.25) is 11.8 Å². The van der Waals surface area contributed by atoms with E-state index in [2.05, 4.69) is 23.6 Å². The van der Waals surface area contributed by atoms with Gasteiger partial charge in [-0.3, -0.25) is 9.59 Å². The van der Waals surface area contributed by atoms with Crippen LogP contribution in [-0.2, 0) is 16.0 Å². The first kappa shape index (κ1) is 22.6. The highest BCUT2D eigenvalue weighted by molar-refractivity contribution is 8.00. The van der Waals surface area contributed by atoms with E-state index in [1.807, 2.05) is 37.3 Å². The monoisotopic (exact) mass is 437 g/mol. The molecule has 6 nitrogen and oxygen atoms in total. The van der Waals surface area contributed by atoms with Crippen molar-refractivity contribution in [2.45, 2.75) is 38.6 Å². The quantitative estimate of drug-likeness (QED) is 0.474. The number of anilines is 2. The fourth-order valence-corrected chi connectivity index (χ4v) is 3.97. The second-order valence-corrected chi connectivity index (χ2v) is 8.10. The zero-order valence-corrected chi connectivity index (χ0v) is 19.1. The number of nitrogens with one attached hydrogen (secondary N) is 2.